The summed E-state index contributed by atoms with van der Waals surface area (Å²) >= 11 is 0. The zero-order valence-electron chi connectivity index (χ0n) is 9.37. The van der Waals surface area contributed by atoms with Crippen molar-refractivity contribution in [2.24, 2.45) is 0 Å². The average molecular weight is 227 g/mol. The molecule has 0 atom stereocenters. The fraction of sp³-hybridized carbons (Fsp3) is 0.455. The summed E-state index contributed by atoms with van der Waals surface area (Å²) in [5.74, 6) is 0.147. The van der Waals surface area contributed by atoms with Crippen molar-refractivity contribution in [1.82, 2.24) is 5.32 Å². The first-order valence-electron chi connectivity index (χ1n) is 4.92. The van der Waals surface area contributed by atoms with Crippen molar-refractivity contribution < 1.29 is 8.42 Å². The van der Waals surface area contributed by atoms with Crippen LogP contribution in [-0.2, 0) is 9.84 Å². The number of hydrogen-bond acceptors (Lipinski definition) is 3. The van der Waals surface area contributed by atoms with Gasteiger partial charge in [-0.1, -0.05) is 12.1 Å². The Labute approximate surface area is 91.4 Å². The molecule has 1 aromatic rings. The molecular weight excluding hydrogens is 210 g/mol. The first-order valence-corrected chi connectivity index (χ1v) is 6.57. The van der Waals surface area contributed by atoms with Gasteiger partial charge in [-0.15, -0.1) is 0 Å². The molecule has 0 heterocycles. The van der Waals surface area contributed by atoms with Crippen molar-refractivity contribution in [3.63, 3.8) is 0 Å². The molecule has 15 heavy (non-hydrogen) atoms. The van der Waals surface area contributed by atoms with Crippen LogP contribution in [0.5, 0.6) is 0 Å². The Kier molecular flexibility index (Phi) is 3.88. The molecule has 1 N–H and O–H groups in total. The quantitative estimate of drug-likeness (QED) is 0.843. The van der Waals surface area contributed by atoms with E-state index in [2.05, 4.69) is 5.32 Å². The third-order valence-electron chi connectivity index (χ3n) is 2.30. The SMILES string of the molecule is CNCCS(=O)(=O)c1cc(C)ccc1C. The minimum absolute atomic E-state index is 0.147. The number of benzene rings is 1. The predicted molar refractivity (Wildman–Crippen MR) is 61.9 cm³/mol. The second-order valence-electron chi connectivity index (χ2n) is 3.69. The highest BCUT2D eigenvalue weighted by Gasteiger charge is 2.16. The highest BCUT2D eigenvalue weighted by molar-refractivity contribution is 7.91. The molecular formula is C11H17NO2S. The molecule has 0 saturated carbocycles. The average Bonchev–Trinajstić information content (AvgIpc) is 2.18. The lowest BCUT2D eigenvalue weighted by Crippen LogP contribution is -2.20. The molecule has 0 aliphatic rings. The molecule has 0 aliphatic carbocycles. The Morgan fingerprint density at radius 2 is 1.93 bits per heavy atom. The smallest absolute Gasteiger partial charge is 0.179 e. The van der Waals surface area contributed by atoms with Gasteiger partial charge in [0.15, 0.2) is 9.84 Å². The minimum atomic E-state index is -3.14. The van der Waals surface area contributed by atoms with Crippen molar-refractivity contribution >= 4 is 9.84 Å². The van der Waals surface area contributed by atoms with Gasteiger partial charge in [-0.3, -0.25) is 0 Å². The first kappa shape index (κ1) is 12.2. The van der Waals surface area contributed by atoms with E-state index in [9.17, 15) is 8.42 Å². The van der Waals surface area contributed by atoms with Gasteiger partial charge in [0.2, 0.25) is 0 Å². The first-order chi connectivity index (χ1) is 6.97. The van der Waals surface area contributed by atoms with Crippen LogP contribution in [-0.4, -0.2) is 27.8 Å². The second-order valence-corrected chi connectivity index (χ2v) is 5.77. The summed E-state index contributed by atoms with van der Waals surface area (Å²) in [4.78, 5) is 0.456. The molecule has 4 heteroatoms. The summed E-state index contributed by atoms with van der Waals surface area (Å²) in [5, 5.41) is 2.85. The Bertz CT molecular complexity index is 438. The van der Waals surface area contributed by atoms with E-state index >= 15 is 0 Å². The lowest BCUT2D eigenvalue weighted by atomic mass is 10.2. The van der Waals surface area contributed by atoms with Gasteiger partial charge in [-0.25, -0.2) is 8.42 Å². The zero-order valence-corrected chi connectivity index (χ0v) is 10.2. The Hall–Kier alpha value is -0.870. The Balaban J connectivity index is 3.09. The minimum Gasteiger partial charge on any atom is -0.319 e. The molecule has 3 nitrogen and oxygen atoms in total. The maximum Gasteiger partial charge on any atom is 0.179 e. The summed E-state index contributed by atoms with van der Waals surface area (Å²) in [5.41, 5.74) is 1.79. The van der Waals surface area contributed by atoms with E-state index in [0.717, 1.165) is 11.1 Å². The highest BCUT2D eigenvalue weighted by Crippen LogP contribution is 2.17. The van der Waals surface area contributed by atoms with Crippen LogP contribution in [0.1, 0.15) is 11.1 Å². The third kappa shape index (κ3) is 3.04. The largest absolute Gasteiger partial charge is 0.319 e. The summed E-state index contributed by atoms with van der Waals surface area (Å²) in [7, 11) is -1.39. The molecule has 0 radical (unpaired) electrons. The van der Waals surface area contributed by atoms with E-state index in [-0.39, 0.29) is 5.75 Å². The van der Waals surface area contributed by atoms with E-state index in [1.54, 1.807) is 13.1 Å². The molecule has 1 rings (SSSR count). The maximum absolute atomic E-state index is 11.9. The van der Waals surface area contributed by atoms with Gasteiger partial charge in [0, 0.05) is 6.54 Å². The van der Waals surface area contributed by atoms with E-state index in [4.69, 9.17) is 0 Å². The molecule has 0 aliphatic heterocycles. The molecule has 0 fully saturated rings. The molecule has 0 bridgehead atoms. The van der Waals surface area contributed by atoms with Gasteiger partial charge in [-0.05, 0) is 38.1 Å². The maximum atomic E-state index is 11.9. The monoisotopic (exact) mass is 227 g/mol. The summed E-state index contributed by atoms with van der Waals surface area (Å²) in [6.45, 7) is 4.21. The Morgan fingerprint density at radius 3 is 2.53 bits per heavy atom. The van der Waals surface area contributed by atoms with Crippen molar-refractivity contribution in [3.8, 4) is 0 Å². The number of nitrogens with one attached hydrogen (secondary N) is 1. The van der Waals surface area contributed by atoms with Crippen LogP contribution in [0.25, 0.3) is 0 Å². The van der Waals surface area contributed by atoms with E-state index < -0.39 is 9.84 Å². The lowest BCUT2D eigenvalue weighted by Gasteiger charge is -2.08. The van der Waals surface area contributed by atoms with E-state index in [0.29, 0.717) is 11.4 Å². The van der Waals surface area contributed by atoms with Crippen LogP contribution < -0.4 is 5.32 Å². The lowest BCUT2D eigenvalue weighted by molar-refractivity contribution is 0.593. The topological polar surface area (TPSA) is 46.2 Å². The summed E-state index contributed by atoms with van der Waals surface area (Å²) in [6, 6.07) is 5.51. The number of sulfone groups is 1. The fourth-order valence-electron chi connectivity index (χ4n) is 1.39. The third-order valence-corrected chi connectivity index (χ3v) is 4.15. The van der Waals surface area contributed by atoms with Crippen molar-refractivity contribution in [2.45, 2.75) is 18.7 Å². The Morgan fingerprint density at radius 1 is 1.27 bits per heavy atom. The van der Waals surface area contributed by atoms with Crippen molar-refractivity contribution in [1.29, 1.82) is 0 Å². The van der Waals surface area contributed by atoms with Crippen LogP contribution in [0.4, 0.5) is 0 Å². The van der Waals surface area contributed by atoms with Gasteiger partial charge >= 0.3 is 0 Å². The standard InChI is InChI=1S/C11H17NO2S/c1-9-4-5-10(2)11(8-9)15(13,14)7-6-12-3/h4-5,8,12H,6-7H2,1-3H3. The van der Waals surface area contributed by atoms with Crippen molar-refractivity contribution in [2.75, 3.05) is 19.3 Å². The number of rotatable bonds is 4. The van der Waals surface area contributed by atoms with Crippen LogP contribution in [0.15, 0.2) is 23.1 Å². The van der Waals surface area contributed by atoms with Crippen LogP contribution in [0.3, 0.4) is 0 Å². The molecule has 0 aromatic heterocycles. The number of hydrogen-bond donors (Lipinski definition) is 1. The number of aryl methyl sites for hydroxylation is 2. The predicted octanol–water partition coefficient (Wildman–Crippen LogP) is 1.30. The van der Waals surface area contributed by atoms with Gasteiger partial charge in [0.05, 0.1) is 10.6 Å². The van der Waals surface area contributed by atoms with Gasteiger partial charge < -0.3 is 5.32 Å². The summed E-state index contributed by atoms with van der Waals surface area (Å²) < 4.78 is 23.8. The van der Waals surface area contributed by atoms with Gasteiger partial charge in [-0.2, -0.15) is 0 Å². The molecule has 0 unspecified atom stereocenters. The molecule has 0 saturated heterocycles. The van der Waals surface area contributed by atoms with Crippen LogP contribution in [0.2, 0.25) is 0 Å². The molecule has 84 valence electrons. The molecule has 1 aromatic carbocycles. The highest BCUT2D eigenvalue weighted by atomic mass is 32.2. The van der Waals surface area contributed by atoms with Crippen molar-refractivity contribution in [3.05, 3.63) is 29.3 Å². The molecule has 0 amide bonds. The normalized spacial score (nSPS) is 11.7. The van der Waals surface area contributed by atoms with Crippen LogP contribution >= 0.6 is 0 Å². The van der Waals surface area contributed by atoms with E-state index in [1.165, 1.54) is 0 Å². The fourth-order valence-corrected chi connectivity index (χ4v) is 3.01. The zero-order chi connectivity index (χ0) is 11.5. The van der Waals surface area contributed by atoms with Gasteiger partial charge in [0.1, 0.15) is 0 Å². The van der Waals surface area contributed by atoms with E-state index in [1.807, 2.05) is 26.0 Å². The van der Waals surface area contributed by atoms with Crippen LogP contribution in [0, 0.1) is 13.8 Å². The van der Waals surface area contributed by atoms with Gasteiger partial charge in [0.25, 0.3) is 0 Å². The summed E-state index contributed by atoms with van der Waals surface area (Å²) in [6.07, 6.45) is 0. The molecule has 0 spiro atoms. The second kappa shape index (κ2) is 4.77.